The summed E-state index contributed by atoms with van der Waals surface area (Å²) in [6.45, 7) is 0.858. The number of rotatable bonds is 5. The van der Waals surface area contributed by atoms with Crippen molar-refractivity contribution in [2.24, 2.45) is 7.05 Å². The van der Waals surface area contributed by atoms with Crippen molar-refractivity contribution in [2.45, 2.75) is 13.2 Å². The molecule has 2 aromatic rings. The monoisotopic (exact) mass is 250 g/mol. The van der Waals surface area contributed by atoms with Gasteiger partial charge in [-0.05, 0) is 24.7 Å². The van der Waals surface area contributed by atoms with E-state index in [0.29, 0.717) is 18.1 Å². The van der Waals surface area contributed by atoms with Crippen molar-refractivity contribution in [3.63, 3.8) is 0 Å². The zero-order valence-corrected chi connectivity index (χ0v) is 10.4. The smallest absolute Gasteiger partial charge is 0.170 e. The zero-order chi connectivity index (χ0) is 13.0. The first-order valence-electron chi connectivity index (χ1n) is 5.59. The molecular weight excluding hydrogens is 235 g/mol. The molecule has 0 spiro atoms. The summed E-state index contributed by atoms with van der Waals surface area (Å²) in [5.74, 6) is 0.869. The highest BCUT2D eigenvalue weighted by Crippen LogP contribution is 2.17. The highest BCUT2D eigenvalue weighted by molar-refractivity contribution is 5.29. The number of hydrogen-bond donors (Lipinski definition) is 1. The van der Waals surface area contributed by atoms with Crippen molar-refractivity contribution in [1.82, 2.24) is 20.1 Å². The van der Waals surface area contributed by atoms with Crippen LogP contribution in [0.1, 0.15) is 11.4 Å². The molecule has 0 aliphatic heterocycles. The van der Waals surface area contributed by atoms with Crippen LogP contribution >= 0.6 is 0 Å². The summed E-state index contributed by atoms with van der Waals surface area (Å²) in [5.41, 5.74) is 0.838. The fraction of sp³-hybridized carbons (Fsp3) is 0.333. The minimum atomic E-state index is -0.310. The SMILES string of the molecule is CNCc1cc(F)cc(OCc2nncn2C)c1. The Morgan fingerprint density at radius 1 is 1.39 bits per heavy atom. The Balaban J connectivity index is 2.07. The van der Waals surface area contributed by atoms with Gasteiger partial charge in [-0.25, -0.2) is 4.39 Å². The Bertz CT molecular complexity index is 527. The van der Waals surface area contributed by atoms with Gasteiger partial charge in [0, 0.05) is 19.7 Å². The molecule has 5 nitrogen and oxygen atoms in total. The molecule has 0 aliphatic carbocycles. The lowest BCUT2D eigenvalue weighted by atomic mass is 10.2. The van der Waals surface area contributed by atoms with Gasteiger partial charge in [0.25, 0.3) is 0 Å². The number of benzene rings is 1. The molecule has 0 saturated carbocycles. The predicted molar refractivity (Wildman–Crippen MR) is 64.5 cm³/mol. The normalized spacial score (nSPS) is 10.6. The largest absolute Gasteiger partial charge is 0.485 e. The van der Waals surface area contributed by atoms with Gasteiger partial charge in [-0.3, -0.25) is 0 Å². The van der Waals surface area contributed by atoms with Crippen molar-refractivity contribution >= 4 is 0 Å². The van der Waals surface area contributed by atoms with E-state index in [2.05, 4.69) is 15.5 Å². The Labute approximate surface area is 105 Å². The van der Waals surface area contributed by atoms with Crippen LogP contribution in [0.4, 0.5) is 4.39 Å². The van der Waals surface area contributed by atoms with E-state index in [1.165, 1.54) is 12.1 Å². The van der Waals surface area contributed by atoms with Crippen LogP contribution in [0.2, 0.25) is 0 Å². The quantitative estimate of drug-likeness (QED) is 0.867. The Morgan fingerprint density at radius 3 is 2.89 bits per heavy atom. The van der Waals surface area contributed by atoms with E-state index < -0.39 is 0 Å². The molecule has 0 aliphatic rings. The number of hydrogen-bond acceptors (Lipinski definition) is 4. The summed E-state index contributed by atoms with van der Waals surface area (Å²) in [4.78, 5) is 0. The van der Waals surface area contributed by atoms with Gasteiger partial charge in [-0.2, -0.15) is 0 Å². The lowest BCUT2D eigenvalue weighted by Crippen LogP contribution is -2.07. The first-order chi connectivity index (χ1) is 8.69. The molecule has 0 atom stereocenters. The molecule has 0 amide bonds. The van der Waals surface area contributed by atoms with Crippen LogP contribution in [0.25, 0.3) is 0 Å². The van der Waals surface area contributed by atoms with Gasteiger partial charge in [0.15, 0.2) is 5.82 Å². The summed E-state index contributed by atoms with van der Waals surface area (Å²) in [6, 6.07) is 4.64. The summed E-state index contributed by atoms with van der Waals surface area (Å²) < 4.78 is 20.6. The van der Waals surface area contributed by atoms with E-state index in [4.69, 9.17) is 4.74 Å². The number of halogens is 1. The first-order valence-corrected chi connectivity index (χ1v) is 5.59. The second kappa shape index (κ2) is 5.59. The van der Waals surface area contributed by atoms with E-state index in [1.807, 2.05) is 14.1 Å². The van der Waals surface area contributed by atoms with Crippen LogP contribution in [0.3, 0.4) is 0 Å². The van der Waals surface area contributed by atoms with Crippen LogP contribution in [0, 0.1) is 5.82 Å². The maximum atomic E-state index is 13.4. The fourth-order valence-corrected chi connectivity index (χ4v) is 1.60. The van der Waals surface area contributed by atoms with Crippen molar-refractivity contribution in [1.29, 1.82) is 0 Å². The number of nitrogens with one attached hydrogen (secondary N) is 1. The number of aromatic nitrogens is 3. The maximum absolute atomic E-state index is 13.4. The van der Waals surface area contributed by atoms with E-state index in [-0.39, 0.29) is 12.4 Å². The molecule has 0 unspecified atom stereocenters. The topological polar surface area (TPSA) is 52.0 Å². The molecule has 0 saturated heterocycles. The van der Waals surface area contributed by atoms with Crippen molar-refractivity contribution in [2.75, 3.05) is 7.05 Å². The molecule has 0 fully saturated rings. The number of nitrogens with zero attached hydrogens (tertiary/aromatic N) is 3. The lowest BCUT2D eigenvalue weighted by Gasteiger charge is -2.08. The second-order valence-corrected chi connectivity index (χ2v) is 3.97. The molecule has 1 aromatic carbocycles. The number of aryl methyl sites for hydroxylation is 1. The van der Waals surface area contributed by atoms with E-state index in [1.54, 1.807) is 17.0 Å². The maximum Gasteiger partial charge on any atom is 0.170 e. The number of ether oxygens (including phenoxy) is 1. The van der Waals surface area contributed by atoms with Crippen LogP contribution < -0.4 is 10.1 Å². The molecule has 1 aromatic heterocycles. The molecule has 18 heavy (non-hydrogen) atoms. The van der Waals surface area contributed by atoms with Gasteiger partial charge < -0.3 is 14.6 Å². The Morgan fingerprint density at radius 2 is 2.22 bits per heavy atom. The molecule has 96 valence electrons. The minimum Gasteiger partial charge on any atom is -0.485 e. The molecule has 1 heterocycles. The average molecular weight is 250 g/mol. The predicted octanol–water partition coefficient (Wildman–Crippen LogP) is 1.25. The third-order valence-electron chi connectivity index (χ3n) is 2.49. The molecule has 6 heteroatoms. The third-order valence-corrected chi connectivity index (χ3v) is 2.49. The molecular formula is C12H15FN4O. The minimum absolute atomic E-state index is 0.263. The van der Waals surface area contributed by atoms with Crippen molar-refractivity contribution < 1.29 is 9.13 Å². The molecule has 0 bridgehead atoms. The fourth-order valence-electron chi connectivity index (χ4n) is 1.60. The van der Waals surface area contributed by atoms with Gasteiger partial charge in [0.1, 0.15) is 24.5 Å². The van der Waals surface area contributed by atoms with Gasteiger partial charge in [-0.15, -0.1) is 10.2 Å². The zero-order valence-electron chi connectivity index (χ0n) is 10.4. The lowest BCUT2D eigenvalue weighted by molar-refractivity contribution is 0.289. The van der Waals surface area contributed by atoms with Crippen LogP contribution in [-0.4, -0.2) is 21.8 Å². The summed E-state index contributed by atoms with van der Waals surface area (Å²) in [5, 5.41) is 10.6. The van der Waals surface area contributed by atoms with Crippen LogP contribution in [-0.2, 0) is 20.2 Å². The van der Waals surface area contributed by atoms with E-state index in [0.717, 1.165) is 5.56 Å². The van der Waals surface area contributed by atoms with Gasteiger partial charge in [0.05, 0.1) is 0 Å². The van der Waals surface area contributed by atoms with Gasteiger partial charge in [0.2, 0.25) is 0 Å². The molecule has 1 N–H and O–H groups in total. The first kappa shape index (κ1) is 12.5. The molecule has 0 radical (unpaired) electrons. The van der Waals surface area contributed by atoms with Crippen LogP contribution in [0.15, 0.2) is 24.5 Å². The Hall–Kier alpha value is -1.95. The van der Waals surface area contributed by atoms with Gasteiger partial charge in [-0.1, -0.05) is 0 Å². The average Bonchev–Trinajstić information content (AvgIpc) is 2.72. The summed E-state index contributed by atoms with van der Waals surface area (Å²) >= 11 is 0. The van der Waals surface area contributed by atoms with Crippen molar-refractivity contribution in [3.8, 4) is 5.75 Å². The van der Waals surface area contributed by atoms with Crippen LogP contribution in [0.5, 0.6) is 5.75 Å². The van der Waals surface area contributed by atoms with Gasteiger partial charge >= 0.3 is 0 Å². The highest BCUT2D eigenvalue weighted by atomic mass is 19.1. The third kappa shape index (κ3) is 3.04. The van der Waals surface area contributed by atoms with Crippen molar-refractivity contribution in [3.05, 3.63) is 41.7 Å². The van der Waals surface area contributed by atoms with E-state index >= 15 is 0 Å². The second-order valence-electron chi connectivity index (χ2n) is 3.97. The highest BCUT2D eigenvalue weighted by Gasteiger charge is 2.04. The summed E-state index contributed by atoms with van der Waals surface area (Å²) in [7, 11) is 3.64. The standard InChI is InChI=1S/C12H15FN4O/c1-14-6-9-3-10(13)5-11(4-9)18-7-12-16-15-8-17(12)2/h3-5,8,14H,6-7H2,1-2H3. The Kier molecular flexibility index (Phi) is 3.88. The summed E-state index contributed by atoms with van der Waals surface area (Å²) in [6.07, 6.45) is 1.59. The molecule has 2 rings (SSSR count). The van der Waals surface area contributed by atoms with E-state index in [9.17, 15) is 4.39 Å².